The summed E-state index contributed by atoms with van der Waals surface area (Å²) in [6.07, 6.45) is 1.82. The first kappa shape index (κ1) is 14.1. The number of amides is 1. The van der Waals surface area contributed by atoms with Gasteiger partial charge in [0, 0.05) is 17.3 Å². The molecule has 0 aliphatic carbocycles. The van der Waals surface area contributed by atoms with Crippen LogP contribution in [0.3, 0.4) is 0 Å². The molecular formula is C15H18N2O3. The second-order valence-corrected chi connectivity index (χ2v) is 5.00. The van der Waals surface area contributed by atoms with E-state index < -0.39 is 12.0 Å². The second-order valence-electron chi connectivity index (χ2n) is 5.00. The van der Waals surface area contributed by atoms with E-state index in [1.807, 2.05) is 32.2 Å². The molecule has 2 aromatic rings. The quantitative estimate of drug-likeness (QED) is 0.839. The van der Waals surface area contributed by atoms with Crippen molar-refractivity contribution in [3.8, 4) is 0 Å². The summed E-state index contributed by atoms with van der Waals surface area (Å²) in [4.78, 5) is 26.9. The molecule has 2 rings (SSSR count). The molecule has 0 spiro atoms. The highest BCUT2D eigenvalue weighted by atomic mass is 16.5. The molecule has 1 heterocycles. The third kappa shape index (κ3) is 2.82. The van der Waals surface area contributed by atoms with Gasteiger partial charge in [0.1, 0.15) is 6.04 Å². The van der Waals surface area contributed by atoms with Crippen LogP contribution in [0.2, 0.25) is 0 Å². The van der Waals surface area contributed by atoms with Crippen LogP contribution in [-0.4, -0.2) is 30.0 Å². The summed E-state index contributed by atoms with van der Waals surface area (Å²) >= 11 is 0. The minimum absolute atomic E-state index is 0.0411. The van der Waals surface area contributed by atoms with Gasteiger partial charge in [-0.25, -0.2) is 4.79 Å². The molecule has 5 heteroatoms. The first-order chi connectivity index (χ1) is 9.52. The summed E-state index contributed by atoms with van der Waals surface area (Å²) in [6, 6.07) is 6.65. The van der Waals surface area contributed by atoms with Gasteiger partial charge in [0.2, 0.25) is 0 Å². The fourth-order valence-electron chi connectivity index (χ4n) is 2.04. The number of ether oxygens (including phenoxy) is 1. The summed E-state index contributed by atoms with van der Waals surface area (Å²) in [5.41, 5.74) is 1.39. The number of hydrogen-bond acceptors (Lipinski definition) is 3. The third-order valence-electron chi connectivity index (χ3n) is 3.23. The number of benzene rings is 1. The van der Waals surface area contributed by atoms with E-state index in [0.717, 1.165) is 10.9 Å². The second kappa shape index (κ2) is 5.77. The van der Waals surface area contributed by atoms with E-state index in [1.54, 1.807) is 12.1 Å². The van der Waals surface area contributed by atoms with Gasteiger partial charge in [0.05, 0.1) is 7.11 Å². The zero-order chi connectivity index (χ0) is 14.7. The number of carbonyl (C=O) groups excluding carboxylic acids is 2. The average Bonchev–Trinajstić information content (AvgIpc) is 2.90. The number of H-pyrrole nitrogens is 1. The molecule has 0 saturated carbocycles. The molecule has 0 bridgehead atoms. The maximum Gasteiger partial charge on any atom is 0.328 e. The van der Waals surface area contributed by atoms with Crippen LogP contribution in [0, 0.1) is 5.92 Å². The Morgan fingerprint density at radius 2 is 2.00 bits per heavy atom. The number of methoxy groups -OCH3 is 1. The lowest BCUT2D eigenvalue weighted by molar-refractivity contribution is -0.144. The predicted octanol–water partition coefficient (Wildman–Crippen LogP) is 2.10. The summed E-state index contributed by atoms with van der Waals surface area (Å²) in [5.74, 6) is -0.763. The molecule has 0 radical (unpaired) electrons. The van der Waals surface area contributed by atoms with E-state index in [-0.39, 0.29) is 11.8 Å². The molecule has 1 amide bonds. The molecule has 106 valence electrons. The first-order valence-corrected chi connectivity index (χ1v) is 6.48. The van der Waals surface area contributed by atoms with E-state index in [1.165, 1.54) is 7.11 Å². The maximum absolute atomic E-state index is 12.2. The Bertz CT molecular complexity index is 631. The van der Waals surface area contributed by atoms with Crippen molar-refractivity contribution in [1.82, 2.24) is 10.3 Å². The lowest BCUT2D eigenvalue weighted by Crippen LogP contribution is -2.45. The van der Waals surface area contributed by atoms with Gasteiger partial charge in [-0.2, -0.15) is 0 Å². The Kier molecular flexibility index (Phi) is 4.08. The molecule has 2 N–H and O–H groups in total. The number of rotatable bonds is 4. The van der Waals surface area contributed by atoms with Crippen LogP contribution >= 0.6 is 0 Å². The molecule has 1 atom stereocenters. The number of nitrogens with one attached hydrogen (secondary N) is 2. The summed E-state index contributed by atoms with van der Waals surface area (Å²) in [5, 5.41) is 3.75. The summed E-state index contributed by atoms with van der Waals surface area (Å²) in [7, 11) is 1.31. The molecular weight excluding hydrogens is 256 g/mol. The van der Waals surface area contributed by atoms with Gasteiger partial charge in [0.25, 0.3) is 5.91 Å². The highest BCUT2D eigenvalue weighted by Crippen LogP contribution is 2.14. The molecule has 0 aliphatic heterocycles. The first-order valence-electron chi connectivity index (χ1n) is 6.48. The molecule has 20 heavy (non-hydrogen) atoms. The minimum Gasteiger partial charge on any atom is -0.467 e. The van der Waals surface area contributed by atoms with Gasteiger partial charge in [-0.15, -0.1) is 0 Å². The number of hydrogen-bond donors (Lipinski definition) is 2. The molecule has 0 aliphatic rings. The Hall–Kier alpha value is -2.30. The zero-order valence-electron chi connectivity index (χ0n) is 11.8. The SMILES string of the molecule is COC(=O)[C@@H](NC(=O)c1ccc2cc[nH]c2c1)C(C)C. The van der Waals surface area contributed by atoms with Crippen molar-refractivity contribution >= 4 is 22.8 Å². The van der Waals surface area contributed by atoms with Crippen LogP contribution < -0.4 is 5.32 Å². The van der Waals surface area contributed by atoms with Crippen molar-refractivity contribution in [3.63, 3.8) is 0 Å². The van der Waals surface area contributed by atoms with Crippen molar-refractivity contribution in [2.45, 2.75) is 19.9 Å². The van der Waals surface area contributed by atoms with E-state index in [0.29, 0.717) is 5.56 Å². The predicted molar refractivity (Wildman–Crippen MR) is 76.4 cm³/mol. The normalized spacial score (nSPS) is 12.4. The number of aromatic nitrogens is 1. The summed E-state index contributed by atoms with van der Waals surface area (Å²) in [6.45, 7) is 3.71. The molecule has 0 saturated heterocycles. The Labute approximate surface area is 117 Å². The standard InChI is InChI=1S/C15H18N2O3/c1-9(2)13(15(19)20-3)17-14(18)11-5-4-10-6-7-16-12(10)8-11/h4-9,13,16H,1-3H3,(H,17,18)/t13-/m0/s1. The number of fused-ring (bicyclic) bond motifs is 1. The van der Waals surface area contributed by atoms with Crippen molar-refractivity contribution in [2.75, 3.05) is 7.11 Å². The maximum atomic E-state index is 12.2. The van der Waals surface area contributed by atoms with Crippen LogP contribution in [0.5, 0.6) is 0 Å². The smallest absolute Gasteiger partial charge is 0.328 e. The molecule has 0 unspecified atom stereocenters. The largest absolute Gasteiger partial charge is 0.467 e. The average molecular weight is 274 g/mol. The monoisotopic (exact) mass is 274 g/mol. The van der Waals surface area contributed by atoms with E-state index in [9.17, 15) is 9.59 Å². The third-order valence-corrected chi connectivity index (χ3v) is 3.23. The zero-order valence-corrected chi connectivity index (χ0v) is 11.8. The lowest BCUT2D eigenvalue weighted by Gasteiger charge is -2.19. The fourth-order valence-corrected chi connectivity index (χ4v) is 2.04. The van der Waals surface area contributed by atoms with Crippen LogP contribution in [0.1, 0.15) is 24.2 Å². The Morgan fingerprint density at radius 3 is 2.65 bits per heavy atom. The Balaban J connectivity index is 2.19. The van der Waals surface area contributed by atoms with Crippen molar-refractivity contribution < 1.29 is 14.3 Å². The van der Waals surface area contributed by atoms with Gasteiger partial charge < -0.3 is 15.0 Å². The van der Waals surface area contributed by atoms with E-state index in [2.05, 4.69) is 10.3 Å². The Morgan fingerprint density at radius 1 is 1.25 bits per heavy atom. The molecule has 1 aromatic heterocycles. The number of aromatic amines is 1. The number of esters is 1. The van der Waals surface area contributed by atoms with Crippen molar-refractivity contribution in [2.24, 2.45) is 5.92 Å². The van der Waals surface area contributed by atoms with Gasteiger partial charge >= 0.3 is 5.97 Å². The fraction of sp³-hybridized carbons (Fsp3) is 0.333. The highest BCUT2D eigenvalue weighted by Gasteiger charge is 2.25. The van der Waals surface area contributed by atoms with Gasteiger partial charge in [-0.1, -0.05) is 19.9 Å². The van der Waals surface area contributed by atoms with Crippen LogP contribution in [-0.2, 0) is 9.53 Å². The minimum atomic E-state index is -0.646. The van der Waals surface area contributed by atoms with Gasteiger partial charge in [-0.3, -0.25) is 4.79 Å². The lowest BCUT2D eigenvalue weighted by atomic mass is 10.0. The highest BCUT2D eigenvalue weighted by molar-refractivity contribution is 5.99. The van der Waals surface area contributed by atoms with Crippen molar-refractivity contribution in [1.29, 1.82) is 0 Å². The van der Waals surface area contributed by atoms with E-state index >= 15 is 0 Å². The van der Waals surface area contributed by atoms with Gasteiger partial charge in [0.15, 0.2) is 0 Å². The topological polar surface area (TPSA) is 71.2 Å². The van der Waals surface area contributed by atoms with Crippen LogP contribution in [0.15, 0.2) is 30.5 Å². The summed E-state index contributed by atoms with van der Waals surface area (Å²) < 4.78 is 4.71. The van der Waals surface area contributed by atoms with Gasteiger partial charge in [-0.05, 0) is 29.5 Å². The number of carbonyl (C=O) groups is 2. The molecule has 5 nitrogen and oxygen atoms in total. The van der Waals surface area contributed by atoms with Crippen LogP contribution in [0.25, 0.3) is 10.9 Å². The molecule has 0 fully saturated rings. The van der Waals surface area contributed by atoms with Crippen LogP contribution in [0.4, 0.5) is 0 Å². The molecule has 1 aromatic carbocycles. The van der Waals surface area contributed by atoms with Crippen molar-refractivity contribution in [3.05, 3.63) is 36.0 Å². The van der Waals surface area contributed by atoms with E-state index in [4.69, 9.17) is 4.74 Å².